The SMILES string of the molecule is CCCNCC1CC1(C)c1ccncc1. The Morgan fingerprint density at radius 2 is 2.20 bits per heavy atom. The number of rotatable bonds is 5. The highest BCUT2D eigenvalue weighted by molar-refractivity contribution is 5.30. The summed E-state index contributed by atoms with van der Waals surface area (Å²) in [4.78, 5) is 4.07. The van der Waals surface area contributed by atoms with Crippen LogP contribution in [-0.2, 0) is 5.41 Å². The fourth-order valence-corrected chi connectivity index (χ4v) is 2.29. The van der Waals surface area contributed by atoms with Gasteiger partial charge in [-0.05, 0) is 55.0 Å². The van der Waals surface area contributed by atoms with Gasteiger partial charge in [0.1, 0.15) is 0 Å². The predicted molar refractivity (Wildman–Crippen MR) is 62.9 cm³/mol. The molecule has 1 N–H and O–H groups in total. The summed E-state index contributed by atoms with van der Waals surface area (Å²) in [5.74, 6) is 0.812. The number of hydrogen-bond donors (Lipinski definition) is 1. The quantitative estimate of drug-likeness (QED) is 0.745. The van der Waals surface area contributed by atoms with Crippen molar-refractivity contribution < 1.29 is 0 Å². The van der Waals surface area contributed by atoms with Crippen molar-refractivity contribution in [2.75, 3.05) is 13.1 Å². The lowest BCUT2D eigenvalue weighted by Crippen LogP contribution is -2.20. The van der Waals surface area contributed by atoms with E-state index in [0.717, 1.165) is 19.0 Å². The normalized spacial score (nSPS) is 29.1. The second kappa shape index (κ2) is 4.31. The molecule has 2 rings (SSSR count). The van der Waals surface area contributed by atoms with Gasteiger partial charge in [-0.25, -0.2) is 0 Å². The molecule has 1 aromatic rings. The van der Waals surface area contributed by atoms with E-state index in [4.69, 9.17) is 0 Å². The van der Waals surface area contributed by atoms with Crippen molar-refractivity contribution in [3.63, 3.8) is 0 Å². The van der Waals surface area contributed by atoms with Crippen molar-refractivity contribution in [3.8, 4) is 0 Å². The Morgan fingerprint density at radius 3 is 2.87 bits per heavy atom. The van der Waals surface area contributed by atoms with Gasteiger partial charge < -0.3 is 5.32 Å². The molecule has 1 aliphatic carbocycles. The smallest absolute Gasteiger partial charge is 0.0270 e. The van der Waals surface area contributed by atoms with Crippen LogP contribution in [0.15, 0.2) is 24.5 Å². The summed E-state index contributed by atoms with van der Waals surface area (Å²) in [6.07, 6.45) is 6.33. The maximum absolute atomic E-state index is 4.07. The first-order valence-corrected chi connectivity index (χ1v) is 5.88. The first-order chi connectivity index (χ1) is 7.27. The van der Waals surface area contributed by atoms with Crippen LogP contribution in [0.5, 0.6) is 0 Å². The Balaban J connectivity index is 1.90. The van der Waals surface area contributed by atoms with Crippen LogP contribution in [0.4, 0.5) is 0 Å². The Morgan fingerprint density at radius 1 is 1.47 bits per heavy atom. The first kappa shape index (κ1) is 10.6. The minimum Gasteiger partial charge on any atom is -0.316 e. The van der Waals surface area contributed by atoms with Gasteiger partial charge in [-0.3, -0.25) is 4.98 Å². The molecule has 0 spiro atoms. The fraction of sp³-hybridized carbons (Fsp3) is 0.615. The second-order valence-corrected chi connectivity index (χ2v) is 4.76. The van der Waals surface area contributed by atoms with Crippen molar-refractivity contribution in [1.82, 2.24) is 10.3 Å². The molecule has 2 unspecified atom stereocenters. The van der Waals surface area contributed by atoms with E-state index >= 15 is 0 Å². The molecular formula is C13H20N2. The number of pyridine rings is 1. The third kappa shape index (κ3) is 2.20. The van der Waals surface area contributed by atoms with Crippen LogP contribution in [0.3, 0.4) is 0 Å². The van der Waals surface area contributed by atoms with E-state index in [9.17, 15) is 0 Å². The Bertz CT molecular complexity index is 310. The van der Waals surface area contributed by atoms with Crippen molar-refractivity contribution in [2.24, 2.45) is 5.92 Å². The summed E-state index contributed by atoms with van der Waals surface area (Å²) in [7, 11) is 0. The molecule has 1 heterocycles. The summed E-state index contributed by atoms with van der Waals surface area (Å²) in [5.41, 5.74) is 1.85. The van der Waals surface area contributed by atoms with E-state index in [1.807, 2.05) is 12.4 Å². The van der Waals surface area contributed by atoms with E-state index in [1.54, 1.807) is 0 Å². The summed E-state index contributed by atoms with van der Waals surface area (Å²) in [6.45, 7) is 6.87. The zero-order valence-corrected chi connectivity index (χ0v) is 9.66. The molecule has 1 fully saturated rings. The predicted octanol–water partition coefficient (Wildman–Crippen LogP) is 2.36. The average molecular weight is 204 g/mol. The molecule has 1 aliphatic rings. The first-order valence-electron chi connectivity index (χ1n) is 5.88. The zero-order chi connectivity index (χ0) is 10.7. The van der Waals surface area contributed by atoms with Crippen molar-refractivity contribution in [2.45, 2.75) is 32.1 Å². The third-order valence-corrected chi connectivity index (χ3v) is 3.57. The van der Waals surface area contributed by atoms with Crippen LogP contribution < -0.4 is 5.32 Å². The summed E-state index contributed by atoms with van der Waals surface area (Å²) < 4.78 is 0. The number of nitrogens with one attached hydrogen (secondary N) is 1. The van der Waals surface area contributed by atoms with E-state index < -0.39 is 0 Å². The van der Waals surface area contributed by atoms with Crippen LogP contribution in [0, 0.1) is 5.92 Å². The maximum Gasteiger partial charge on any atom is 0.0270 e. The molecule has 2 heteroatoms. The molecule has 0 aromatic carbocycles. The van der Waals surface area contributed by atoms with Gasteiger partial charge in [0.2, 0.25) is 0 Å². The monoisotopic (exact) mass is 204 g/mol. The van der Waals surface area contributed by atoms with Gasteiger partial charge in [0.25, 0.3) is 0 Å². The second-order valence-electron chi connectivity index (χ2n) is 4.76. The number of aromatic nitrogens is 1. The molecule has 0 saturated heterocycles. The largest absolute Gasteiger partial charge is 0.316 e. The number of nitrogens with zero attached hydrogens (tertiary/aromatic N) is 1. The minimum atomic E-state index is 0.406. The van der Waals surface area contributed by atoms with Gasteiger partial charge in [-0.15, -0.1) is 0 Å². The van der Waals surface area contributed by atoms with E-state index in [2.05, 4.69) is 36.3 Å². The van der Waals surface area contributed by atoms with E-state index in [-0.39, 0.29) is 0 Å². The lowest BCUT2D eigenvalue weighted by molar-refractivity contribution is 0.575. The average Bonchev–Trinajstić information content (AvgIpc) is 2.93. The molecule has 0 bridgehead atoms. The minimum absolute atomic E-state index is 0.406. The molecule has 1 saturated carbocycles. The molecule has 1 aromatic heterocycles. The molecule has 0 aliphatic heterocycles. The van der Waals surface area contributed by atoms with Gasteiger partial charge in [-0.2, -0.15) is 0 Å². The highest BCUT2D eigenvalue weighted by atomic mass is 14.9. The lowest BCUT2D eigenvalue weighted by atomic mass is 9.97. The van der Waals surface area contributed by atoms with Gasteiger partial charge in [0, 0.05) is 12.4 Å². The van der Waals surface area contributed by atoms with Crippen molar-refractivity contribution in [1.29, 1.82) is 0 Å². The third-order valence-electron chi connectivity index (χ3n) is 3.57. The molecular weight excluding hydrogens is 184 g/mol. The highest BCUT2D eigenvalue weighted by Gasteiger charge is 2.50. The molecule has 0 amide bonds. The van der Waals surface area contributed by atoms with Crippen LogP contribution in [0.2, 0.25) is 0 Å². The van der Waals surface area contributed by atoms with E-state index in [0.29, 0.717) is 5.41 Å². The van der Waals surface area contributed by atoms with Gasteiger partial charge >= 0.3 is 0 Å². The Labute approximate surface area is 92.1 Å². The molecule has 2 atom stereocenters. The summed E-state index contributed by atoms with van der Waals surface area (Å²) >= 11 is 0. The number of hydrogen-bond acceptors (Lipinski definition) is 2. The lowest BCUT2D eigenvalue weighted by Gasteiger charge is -2.11. The van der Waals surface area contributed by atoms with Gasteiger partial charge in [0.15, 0.2) is 0 Å². The molecule has 15 heavy (non-hydrogen) atoms. The summed E-state index contributed by atoms with van der Waals surface area (Å²) in [6, 6.07) is 4.31. The topological polar surface area (TPSA) is 24.9 Å². The van der Waals surface area contributed by atoms with Crippen LogP contribution in [-0.4, -0.2) is 18.1 Å². The zero-order valence-electron chi connectivity index (χ0n) is 9.66. The van der Waals surface area contributed by atoms with Crippen LogP contribution >= 0.6 is 0 Å². The summed E-state index contributed by atoms with van der Waals surface area (Å²) in [5, 5.41) is 3.51. The highest BCUT2D eigenvalue weighted by Crippen LogP contribution is 2.53. The Kier molecular flexibility index (Phi) is 3.06. The van der Waals surface area contributed by atoms with Crippen LogP contribution in [0.1, 0.15) is 32.3 Å². The maximum atomic E-state index is 4.07. The molecule has 0 radical (unpaired) electrons. The molecule has 2 nitrogen and oxygen atoms in total. The van der Waals surface area contributed by atoms with E-state index in [1.165, 1.54) is 18.4 Å². The molecule has 82 valence electrons. The standard InChI is InChI=1S/C13H20N2/c1-3-6-15-10-12-9-13(12,2)11-4-7-14-8-5-11/h4-5,7-8,12,15H,3,6,9-10H2,1-2H3. The van der Waals surface area contributed by atoms with Crippen molar-refractivity contribution >= 4 is 0 Å². The van der Waals surface area contributed by atoms with Gasteiger partial charge in [-0.1, -0.05) is 13.8 Å². The fourth-order valence-electron chi connectivity index (χ4n) is 2.29. The van der Waals surface area contributed by atoms with Crippen molar-refractivity contribution in [3.05, 3.63) is 30.1 Å². The van der Waals surface area contributed by atoms with Gasteiger partial charge in [0.05, 0.1) is 0 Å². The van der Waals surface area contributed by atoms with Crippen LogP contribution in [0.25, 0.3) is 0 Å². The Hall–Kier alpha value is -0.890.